The Kier molecular flexibility index (Phi) is 3.78. The van der Waals surface area contributed by atoms with E-state index < -0.39 is 0 Å². The lowest BCUT2D eigenvalue weighted by atomic mass is 9.84. The molecule has 15 heavy (non-hydrogen) atoms. The van der Waals surface area contributed by atoms with Crippen molar-refractivity contribution in [3.05, 3.63) is 33.4 Å². The lowest BCUT2D eigenvalue weighted by Crippen LogP contribution is -2.18. The van der Waals surface area contributed by atoms with Crippen LogP contribution in [0, 0.1) is 9.49 Å². The molecule has 1 fully saturated rings. The van der Waals surface area contributed by atoms with Crippen molar-refractivity contribution in [3.8, 4) is 0 Å². The summed E-state index contributed by atoms with van der Waals surface area (Å²) in [6.45, 7) is 0. The third kappa shape index (κ3) is 2.60. The average Bonchev–Trinajstić information content (AvgIpc) is 2.30. The fraction of sp³-hybridized carbons (Fsp3) is 0.462. The summed E-state index contributed by atoms with van der Waals surface area (Å²) in [6, 6.07) is 7.91. The van der Waals surface area contributed by atoms with Gasteiger partial charge in [0.05, 0.1) is 0 Å². The van der Waals surface area contributed by atoms with Crippen LogP contribution in [0.4, 0.5) is 0 Å². The van der Waals surface area contributed by atoms with E-state index in [4.69, 9.17) is 0 Å². The van der Waals surface area contributed by atoms with E-state index in [1.54, 1.807) is 0 Å². The summed E-state index contributed by atoms with van der Waals surface area (Å²) >= 11 is 2.25. The van der Waals surface area contributed by atoms with Crippen LogP contribution in [0.3, 0.4) is 0 Å². The Hall–Kier alpha value is -0.380. The molecule has 1 aliphatic rings. The Balaban J connectivity index is 2.16. The minimum atomic E-state index is 0.287. The number of carbonyl (C=O) groups is 1. The molecule has 0 unspecified atom stereocenters. The van der Waals surface area contributed by atoms with Gasteiger partial charge in [-0.1, -0.05) is 37.5 Å². The Labute approximate surface area is 104 Å². The van der Waals surface area contributed by atoms with Gasteiger partial charge in [0.2, 0.25) is 0 Å². The molecule has 1 aromatic carbocycles. The van der Waals surface area contributed by atoms with Gasteiger partial charge in [-0.2, -0.15) is 0 Å². The Morgan fingerprint density at radius 2 is 1.80 bits per heavy atom. The van der Waals surface area contributed by atoms with E-state index in [0.29, 0.717) is 5.78 Å². The van der Waals surface area contributed by atoms with Crippen LogP contribution in [0.25, 0.3) is 0 Å². The predicted octanol–water partition coefficient (Wildman–Crippen LogP) is 4.05. The third-order valence-electron chi connectivity index (χ3n) is 3.12. The monoisotopic (exact) mass is 314 g/mol. The van der Waals surface area contributed by atoms with Crippen LogP contribution in [0.15, 0.2) is 24.3 Å². The Bertz CT molecular complexity index is 353. The minimum Gasteiger partial charge on any atom is -0.294 e. The maximum atomic E-state index is 12.2. The first-order chi connectivity index (χ1) is 7.29. The van der Waals surface area contributed by atoms with E-state index in [2.05, 4.69) is 22.6 Å². The molecule has 0 aliphatic heterocycles. The molecule has 2 heteroatoms. The van der Waals surface area contributed by atoms with Gasteiger partial charge in [-0.15, -0.1) is 0 Å². The van der Waals surface area contributed by atoms with Crippen molar-refractivity contribution in [2.75, 3.05) is 0 Å². The van der Waals surface area contributed by atoms with Crippen molar-refractivity contribution in [2.45, 2.75) is 32.1 Å². The quantitative estimate of drug-likeness (QED) is 0.594. The molecule has 0 spiro atoms. The minimum absolute atomic E-state index is 0.287. The van der Waals surface area contributed by atoms with Crippen LogP contribution in [0.2, 0.25) is 0 Å². The van der Waals surface area contributed by atoms with Crippen LogP contribution in [0.5, 0.6) is 0 Å². The smallest absolute Gasteiger partial charge is 0.167 e. The Morgan fingerprint density at radius 3 is 2.47 bits per heavy atom. The highest BCUT2D eigenvalue weighted by molar-refractivity contribution is 14.1. The lowest BCUT2D eigenvalue weighted by Gasteiger charge is -2.20. The second-order valence-corrected chi connectivity index (χ2v) is 5.34. The number of benzene rings is 1. The molecule has 1 nitrogen and oxygen atoms in total. The Morgan fingerprint density at radius 1 is 1.13 bits per heavy atom. The number of hydrogen-bond donors (Lipinski definition) is 0. The topological polar surface area (TPSA) is 17.1 Å². The molecule has 0 aromatic heterocycles. The summed E-state index contributed by atoms with van der Waals surface area (Å²) in [4.78, 5) is 12.2. The molecule has 1 aromatic rings. The van der Waals surface area contributed by atoms with Gasteiger partial charge in [0.25, 0.3) is 0 Å². The molecule has 0 bridgehead atoms. The largest absolute Gasteiger partial charge is 0.294 e. The van der Waals surface area contributed by atoms with Crippen LogP contribution < -0.4 is 0 Å². The summed E-state index contributed by atoms with van der Waals surface area (Å²) in [6.07, 6.45) is 5.92. The maximum Gasteiger partial charge on any atom is 0.167 e. The van der Waals surface area contributed by atoms with Crippen molar-refractivity contribution < 1.29 is 4.79 Å². The molecule has 0 radical (unpaired) electrons. The van der Waals surface area contributed by atoms with Crippen molar-refractivity contribution >= 4 is 28.4 Å². The molecule has 0 saturated heterocycles. The fourth-order valence-electron chi connectivity index (χ4n) is 2.25. The molecule has 0 atom stereocenters. The van der Waals surface area contributed by atoms with E-state index in [-0.39, 0.29) is 5.92 Å². The standard InChI is InChI=1S/C13H15IO/c14-12-9-5-4-8-11(12)13(15)10-6-2-1-3-7-10/h4-5,8-10H,1-3,6-7H2. The van der Waals surface area contributed by atoms with Crippen LogP contribution >= 0.6 is 22.6 Å². The van der Waals surface area contributed by atoms with Gasteiger partial charge in [-0.05, 0) is 41.5 Å². The van der Waals surface area contributed by atoms with E-state index >= 15 is 0 Å². The number of Topliss-reactive ketones (excluding diaryl/α,β-unsaturated/α-hetero) is 1. The van der Waals surface area contributed by atoms with Crippen LogP contribution in [-0.2, 0) is 0 Å². The molecule has 1 aliphatic carbocycles. The van der Waals surface area contributed by atoms with Gasteiger partial charge in [-0.3, -0.25) is 4.79 Å². The summed E-state index contributed by atoms with van der Waals surface area (Å²) in [5.74, 6) is 0.648. The van der Waals surface area contributed by atoms with Gasteiger partial charge in [0, 0.05) is 15.1 Å². The van der Waals surface area contributed by atoms with E-state index in [0.717, 1.165) is 22.0 Å². The molecule has 2 rings (SSSR count). The second kappa shape index (κ2) is 5.10. The SMILES string of the molecule is O=C(c1ccccc1I)C1CCCCC1. The highest BCUT2D eigenvalue weighted by Gasteiger charge is 2.23. The normalized spacial score (nSPS) is 17.7. The first kappa shape index (κ1) is 11.1. The summed E-state index contributed by atoms with van der Waals surface area (Å²) < 4.78 is 1.09. The zero-order chi connectivity index (χ0) is 10.7. The van der Waals surface area contributed by atoms with E-state index in [1.807, 2.05) is 24.3 Å². The van der Waals surface area contributed by atoms with Crippen molar-refractivity contribution in [1.29, 1.82) is 0 Å². The average molecular weight is 314 g/mol. The number of carbonyl (C=O) groups excluding carboxylic acids is 1. The number of ketones is 1. The summed E-state index contributed by atoms with van der Waals surface area (Å²) in [5, 5.41) is 0. The third-order valence-corrected chi connectivity index (χ3v) is 4.06. The lowest BCUT2D eigenvalue weighted by molar-refractivity contribution is 0.0888. The van der Waals surface area contributed by atoms with Gasteiger partial charge in [0.1, 0.15) is 0 Å². The maximum absolute atomic E-state index is 12.2. The molecule has 80 valence electrons. The molecule has 0 heterocycles. The fourth-order valence-corrected chi connectivity index (χ4v) is 2.90. The molecular formula is C13H15IO. The second-order valence-electron chi connectivity index (χ2n) is 4.18. The zero-order valence-electron chi connectivity index (χ0n) is 8.71. The van der Waals surface area contributed by atoms with Gasteiger partial charge in [-0.25, -0.2) is 0 Å². The number of halogens is 1. The molecule has 1 saturated carbocycles. The predicted molar refractivity (Wildman–Crippen MR) is 70.1 cm³/mol. The van der Waals surface area contributed by atoms with Crippen LogP contribution in [0.1, 0.15) is 42.5 Å². The van der Waals surface area contributed by atoms with E-state index in [1.165, 1.54) is 19.3 Å². The molecular weight excluding hydrogens is 299 g/mol. The molecule has 0 N–H and O–H groups in total. The van der Waals surface area contributed by atoms with Crippen molar-refractivity contribution in [2.24, 2.45) is 5.92 Å². The van der Waals surface area contributed by atoms with Crippen molar-refractivity contribution in [3.63, 3.8) is 0 Å². The number of rotatable bonds is 2. The van der Waals surface area contributed by atoms with Crippen molar-refractivity contribution in [1.82, 2.24) is 0 Å². The van der Waals surface area contributed by atoms with Gasteiger partial charge < -0.3 is 0 Å². The summed E-state index contributed by atoms with van der Waals surface area (Å²) in [5.41, 5.74) is 0.921. The van der Waals surface area contributed by atoms with Gasteiger partial charge >= 0.3 is 0 Å². The van der Waals surface area contributed by atoms with Gasteiger partial charge in [0.15, 0.2) is 5.78 Å². The first-order valence-corrected chi connectivity index (χ1v) is 6.65. The highest BCUT2D eigenvalue weighted by Crippen LogP contribution is 2.28. The number of hydrogen-bond acceptors (Lipinski definition) is 1. The van der Waals surface area contributed by atoms with E-state index in [9.17, 15) is 4.79 Å². The van der Waals surface area contributed by atoms with Crippen LogP contribution in [-0.4, -0.2) is 5.78 Å². The summed E-state index contributed by atoms with van der Waals surface area (Å²) in [7, 11) is 0. The highest BCUT2D eigenvalue weighted by atomic mass is 127. The zero-order valence-corrected chi connectivity index (χ0v) is 10.9. The molecule has 0 amide bonds. The first-order valence-electron chi connectivity index (χ1n) is 5.58.